The first-order chi connectivity index (χ1) is 13.3. The smallest absolute Gasteiger partial charge is 0.367 e. The van der Waals surface area contributed by atoms with Crippen molar-refractivity contribution in [1.29, 1.82) is 0 Å². The van der Waals surface area contributed by atoms with E-state index in [2.05, 4.69) is 20.8 Å². The van der Waals surface area contributed by atoms with E-state index in [0.717, 1.165) is 11.6 Å². The fourth-order valence-electron chi connectivity index (χ4n) is 2.29. The highest BCUT2D eigenvalue weighted by atomic mass is 35.5. The summed E-state index contributed by atoms with van der Waals surface area (Å²) in [4.78, 5) is 15.7. The topological polar surface area (TPSA) is 80.0 Å². The lowest BCUT2D eigenvalue weighted by molar-refractivity contribution is -0.137. The number of hydrogen-bond donors (Lipinski definition) is 2. The molecule has 6 nitrogen and oxygen atoms in total. The molecule has 146 valence electrons. The Morgan fingerprint density at radius 1 is 1.14 bits per heavy atom. The molecule has 1 amide bonds. The van der Waals surface area contributed by atoms with Crippen molar-refractivity contribution in [3.8, 4) is 11.3 Å². The van der Waals surface area contributed by atoms with Gasteiger partial charge in [0.05, 0.1) is 10.6 Å². The first kappa shape index (κ1) is 19.7. The van der Waals surface area contributed by atoms with E-state index in [0.29, 0.717) is 11.9 Å². The molecular weight excluding hydrogens is 397 g/mol. The molecule has 0 spiro atoms. The maximum atomic E-state index is 12.6. The van der Waals surface area contributed by atoms with Crippen molar-refractivity contribution in [3.63, 3.8) is 0 Å². The summed E-state index contributed by atoms with van der Waals surface area (Å²) in [5.41, 5.74) is 0.412. The van der Waals surface area contributed by atoms with Crippen LogP contribution >= 0.6 is 11.6 Å². The zero-order chi connectivity index (χ0) is 20.1. The number of nitrogens with one attached hydrogen (secondary N) is 2. The summed E-state index contributed by atoms with van der Waals surface area (Å²) in [5.74, 6) is -0.331. The Bertz CT molecular complexity index is 961. The number of aromatic nitrogens is 2. The van der Waals surface area contributed by atoms with Gasteiger partial charge in [0.15, 0.2) is 0 Å². The molecule has 0 unspecified atom stereocenters. The van der Waals surface area contributed by atoms with Gasteiger partial charge in [-0.15, -0.1) is 0 Å². The number of anilines is 1. The number of halogens is 4. The molecule has 10 heteroatoms. The molecule has 0 saturated heterocycles. The van der Waals surface area contributed by atoms with E-state index in [1.807, 2.05) is 30.3 Å². The van der Waals surface area contributed by atoms with Gasteiger partial charge >= 0.3 is 6.18 Å². The number of nitrogens with zero attached hydrogens (tertiary/aromatic N) is 2. The van der Waals surface area contributed by atoms with Gasteiger partial charge in [-0.3, -0.25) is 4.79 Å². The fourth-order valence-corrected chi connectivity index (χ4v) is 2.53. The van der Waals surface area contributed by atoms with Gasteiger partial charge in [-0.1, -0.05) is 47.1 Å². The molecule has 0 saturated carbocycles. The first-order valence-electron chi connectivity index (χ1n) is 8.11. The van der Waals surface area contributed by atoms with Crippen LogP contribution in [0.4, 0.5) is 19.0 Å². The number of benzene rings is 1. The van der Waals surface area contributed by atoms with Crippen LogP contribution in [0.1, 0.15) is 16.1 Å². The summed E-state index contributed by atoms with van der Waals surface area (Å²) < 4.78 is 42.8. The molecule has 0 bridgehead atoms. The van der Waals surface area contributed by atoms with Gasteiger partial charge in [-0.2, -0.15) is 13.2 Å². The van der Waals surface area contributed by atoms with Crippen molar-refractivity contribution in [2.24, 2.45) is 0 Å². The van der Waals surface area contributed by atoms with E-state index in [9.17, 15) is 18.0 Å². The third kappa shape index (κ3) is 4.80. The lowest BCUT2D eigenvalue weighted by atomic mass is 10.1. The van der Waals surface area contributed by atoms with E-state index in [1.165, 1.54) is 6.07 Å². The molecule has 0 aliphatic heterocycles. The maximum Gasteiger partial charge on any atom is 0.417 e. The van der Waals surface area contributed by atoms with Crippen molar-refractivity contribution >= 4 is 23.3 Å². The lowest BCUT2D eigenvalue weighted by Crippen LogP contribution is -2.28. The monoisotopic (exact) mass is 410 g/mol. The Labute approximate surface area is 162 Å². The Morgan fingerprint density at radius 2 is 1.89 bits per heavy atom. The molecule has 0 aliphatic carbocycles. The average molecular weight is 411 g/mol. The van der Waals surface area contributed by atoms with Crippen LogP contribution in [-0.4, -0.2) is 29.1 Å². The summed E-state index contributed by atoms with van der Waals surface area (Å²) in [6.07, 6.45) is -3.83. The van der Waals surface area contributed by atoms with Crippen LogP contribution in [0.5, 0.6) is 0 Å². The molecular formula is C18H14ClF3N4O2. The Morgan fingerprint density at radius 3 is 2.57 bits per heavy atom. The van der Waals surface area contributed by atoms with Crippen LogP contribution in [0.15, 0.2) is 53.2 Å². The predicted octanol–water partition coefficient (Wildman–Crippen LogP) is 4.25. The molecule has 3 rings (SSSR count). The number of pyridine rings is 1. The van der Waals surface area contributed by atoms with Crippen LogP contribution in [0.25, 0.3) is 11.3 Å². The van der Waals surface area contributed by atoms with E-state index in [-0.39, 0.29) is 29.7 Å². The normalized spacial score (nSPS) is 11.3. The standard InChI is InChI=1S/C18H14ClF3N4O2/c19-13-8-12(18(20,21)22)10-25-16(13)23-6-7-24-17(27)15-9-14(26-28-15)11-4-2-1-3-5-11/h1-5,8-10H,6-7H2,(H,23,25)(H,24,27). The SMILES string of the molecule is O=C(NCCNc1ncc(C(F)(F)F)cc1Cl)c1cc(-c2ccccc2)no1. The molecule has 3 aromatic rings. The number of carbonyl (C=O) groups excluding carboxylic acids is 1. The quantitative estimate of drug-likeness (QED) is 0.594. The lowest BCUT2D eigenvalue weighted by Gasteiger charge is -2.11. The highest BCUT2D eigenvalue weighted by Crippen LogP contribution is 2.32. The zero-order valence-corrected chi connectivity index (χ0v) is 15.0. The third-order valence-corrected chi connectivity index (χ3v) is 3.96. The van der Waals surface area contributed by atoms with Gasteiger partial charge in [0, 0.05) is 30.9 Å². The summed E-state index contributed by atoms with van der Waals surface area (Å²) >= 11 is 5.80. The second-order valence-corrected chi connectivity index (χ2v) is 6.08. The van der Waals surface area contributed by atoms with Crippen LogP contribution < -0.4 is 10.6 Å². The Hall–Kier alpha value is -3.07. The van der Waals surface area contributed by atoms with Gasteiger partial charge in [-0.05, 0) is 6.07 Å². The zero-order valence-electron chi connectivity index (χ0n) is 14.3. The molecule has 0 atom stereocenters. The van der Waals surface area contributed by atoms with Crippen LogP contribution in [0.2, 0.25) is 5.02 Å². The largest absolute Gasteiger partial charge is 0.417 e. The average Bonchev–Trinajstić information content (AvgIpc) is 3.16. The number of carbonyl (C=O) groups is 1. The summed E-state index contributed by atoms with van der Waals surface area (Å²) in [6, 6.07) is 11.5. The second-order valence-electron chi connectivity index (χ2n) is 5.68. The van der Waals surface area contributed by atoms with Crippen molar-refractivity contribution in [2.45, 2.75) is 6.18 Å². The van der Waals surface area contributed by atoms with Crippen LogP contribution in [0.3, 0.4) is 0 Å². The summed E-state index contributed by atoms with van der Waals surface area (Å²) in [6.45, 7) is 0.364. The number of rotatable bonds is 6. The van der Waals surface area contributed by atoms with Crippen molar-refractivity contribution in [1.82, 2.24) is 15.5 Å². The van der Waals surface area contributed by atoms with Gasteiger partial charge in [-0.25, -0.2) is 4.98 Å². The van der Waals surface area contributed by atoms with Gasteiger partial charge in [0.1, 0.15) is 11.5 Å². The van der Waals surface area contributed by atoms with Gasteiger partial charge < -0.3 is 15.2 Å². The molecule has 2 N–H and O–H groups in total. The Kier molecular flexibility index (Phi) is 5.84. The minimum Gasteiger partial charge on any atom is -0.367 e. The fraction of sp³-hybridized carbons (Fsp3) is 0.167. The molecule has 2 aromatic heterocycles. The number of alkyl halides is 3. The minimum atomic E-state index is -4.52. The molecule has 0 radical (unpaired) electrons. The molecule has 0 fully saturated rings. The molecule has 2 heterocycles. The van der Waals surface area contributed by atoms with Crippen molar-refractivity contribution in [3.05, 3.63) is 65.0 Å². The minimum absolute atomic E-state index is 0.0459. The van der Waals surface area contributed by atoms with Gasteiger partial charge in [0.25, 0.3) is 5.91 Å². The van der Waals surface area contributed by atoms with Crippen molar-refractivity contribution < 1.29 is 22.5 Å². The first-order valence-corrected chi connectivity index (χ1v) is 8.49. The van der Waals surface area contributed by atoms with E-state index in [1.54, 1.807) is 0 Å². The summed E-state index contributed by atoms with van der Waals surface area (Å²) in [7, 11) is 0. The molecule has 28 heavy (non-hydrogen) atoms. The van der Waals surface area contributed by atoms with E-state index >= 15 is 0 Å². The van der Waals surface area contributed by atoms with Crippen LogP contribution in [0, 0.1) is 0 Å². The van der Waals surface area contributed by atoms with Crippen molar-refractivity contribution in [2.75, 3.05) is 18.4 Å². The predicted molar refractivity (Wildman–Crippen MR) is 97.0 cm³/mol. The van der Waals surface area contributed by atoms with E-state index < -0.39 is 17.6 Å². The molecule has 1 aromatic carbocycles. The Balaban J connectivity index is 1.51. The highest BCUT2D eigenvalue weighted by molar-refractivity contribution is 6.32. The third-order valence-electron chi connectivity index (χ3n) is 3.68. The summed E-state index contributed by atoms with van der Waals surface area (Å²) in [5, 5.41) is 9.05. The van der Waals surface area contributed by atoms with E-state index in [4.69, 9.17) is 16.1 Å². The highest BCUT2D eigenvalue weighted by Gasteiger charge is 2.31. The number of amides is 1. The van der Waals surface area contributed by atoms with Gasteiger partial charge in [0.2, 0.25) is 5.76 Å². The second kappa shape index (κ2) is 8.30. The number of hydrogen-bond acceptors (Lipinski definition) is 5. The maximum absolute atomic E-state index is 12.6. The van der Waals surface area contributed by atoms with Crippen LogP contribution in [-0.2, 0) is 6.18 Å². The molecule has 0 aliphatic rings.